The highest BCUT2D eigenvalue weighted by molar-refractivity contribution is 4.79. The molecule has 2 heterocycles. The van der Waals surface area contributed by atoms with Crippen LogP contribution in [0.5, 0.6) is 0 Å². The zero-order valence-corrected chi connectivity index (χ0v) is 5.67. The predicted molar refractivity (Wildman–Crippen MR) is 33.0 cm³/mol. The molecule has 0 saturated carbocycles. The third-order valence-corrected chi connectivity index (χ3v) is 2.34. The molecule has 2 aliphatic heterocycles. The SMILES string of the molecule is C[C@@H]1CO[C@@H]2OCCC21. The van der Waals surface area contributed by atoms with E-state index in [0.29, 0.717) is 5.92 Å². The monoisotopic (exact) mass is 128 g/mol. The molecular formula is C7H12O2. The van der Waals surface area contributed by atoms with Crippen molar-refractivity contribution in [2.75, 3.05) is 13.2 Å². The molecule has 2 rings (SSSR count). The molecule has 0 N–H and O–H groups in total. The summed E-state index contributed by atoms with van der Waals surface area (Å²) in [7, 11) is 0. The minimum absolute atomic E-state index is 0.153. The smallest absolute Gasteiger partial charge is 0.160 e. The molecule has 0 aliphatic carbocycles. The molecule has 0 radical (unpaired) electrons. The molecule has 0 bridgehead atoms. The zero-order valence-electron chi connectivity index (χ0n) is 5.67. The molecule has 2 aliphatic rings. The summed E-state index contributed by atoms with van der Waals surface area (Å²) in [6, 6.07) is 0. The van der Waals surface area contributed by atoms with Gasteiger partial charge in [-0.25, -0.2) is 0 Å². The van der Waals surface area contributed by atoms with E-state index >= 15 is 0 Å². The van der Waals surface area contributed by atoms with Gasteiger partial charge < -0.3 is 9.47 Å². The van der Waals surface area contributed by atoms with E-state index in [9.17, 15) is 0 Å². The highest BCUT2D eigenvalue weighted by Crippen LogP contribution is 2.34. The van der Waals surface area contributed by atoms with Crippen molar-refractivity contribution in [3.63, 3.8) is 0 Å². The van der Waals surface area contributed by atoms with Gasteiger partial charge in [-0.1, -0.05) is 6.92 Å². The highest BCUT2D eigenvalue weighted by Gasteiger charge is 2.38. The first kappa shape index (κ1) is 5.69. The quantitative estimate of drug-likeness (QED) is 0.485. The van der Waals surface area contributed by atoms with Gasteiger partial charge in [-0.3, -0.25) is 0 Å². The Balaban J connectivity index is 2.07. The Morgan fingerprint density at radius 3 is 3.00 bits per heavy atom. The van der Waals surface area contributed by atoms with Gasteiger partial charge in [0.2, 0.25) is 0 Å². The van der Waals surface area contributed by atoms with Gasteiger partial charge in [0, 0.05) is 5.92 Å². The molecule has 0 aromatic carbocycles. The lowest BCUT2D eigenvalue weighted by Crippen LogP contribution is -2.12. The first-order valence-corrected chi connectivity index (χ1v) is 3.61. The molecule has 0 spiro atoms. The Morgan fingerprint density at radius 2 is 2.22 bits per heavy atom. The second kappa shape index (κ2) is 1.96. The van der Waals surface area contributed by atoms with Crippen molar-refractivity contribution in [3.05, 3.63) is 0 Å². The molecule has 2 saturated heterocycles. The van der Waals surface area contributed by atoms with Crippen LogP contribution >= 0.6 is 0 Å². The van der Waals surface area contributed by atoms with E-state index in [1.165, 1.54) is 6.42 Å². The van der Waals surface area contributed by atoms with Crippen LogP contribution in [0.2, 0.25) is 0 Å². The van der Waals surface area contributed by atoms with Crippen molar-refractivity contribution in [3.8, 4) is 0 Å². The lowest BCUT2D eigenvalue weighted by molar-refractivity contribution is -0.0905. The minimum atomic E-state index is 0.153. The van der Waals surface area contributed by atoms with E-state index in [1.807, 2.05) is 0 Å². The molecule has 0 aromatic rings. The fourth-order valence-corrected chi connectivity index (χ4v) is 1.67. The third kappa shape index (κ3) is 0.775. The summed E-state index contributed by atoms with van der Waals surface area (Å²) in [5.74, 6) is 1.42. The van der Waals surface area contributed by atoms with Crippen LogP contribution in [0.15, 0.2) is 0 Å². The van der Waals surface area contributed by atoms with Crippen LogP contribution in [0.3, 0.4) is 0 Å². The Bertz CT molecular complexity index is 113. The Kier molecular flexibility index (Phi) is 1.24. The molecule has 9 heavy (non-hydrogen) atoms. The Hall–Kier alpha value is -0.0800. The van der Waals surface area contributed by atoms with E-state index in [4.69, 9.17) is 9.47 Å². The molecule has 2 nitrogen and oxygen atoms in total. The number of fused-ring (bicyclic) bond motifs is 1. The maximum atomic E-state index is 5.37. The highest BCUT2D eigenvalue weighted by atomic mass is 16.7. The van der Waals surface area contributed by atoms with Gasteiger partial charge in [0.05, 0.1) is 13.2 Å². The maximum absolute atomic E-state index is 5.37. The van der Waals surface area contributed by atoms with Crippen LogP contribution in [0.4, 0.5) is 0 Å². The standard InChI is InChI=1S/C7H12O2/c1-5-4-9-7-6(5)2-3-8-7/h5-7H,2-4H2,1H3/t5-,6?,7+/m1/s1. The summed E-state index contributed by atoms with van der Waals surface area (Å²) < 4.78 is 10.7. The van der Waals surface area contributed by atoms with Crippen molar-refractivity contribution in [2.45, 2.75) is 19.6 Å². The van der Waals surface area contributed by atoms with E-state index in [-0.39, 0.29) is 6.29 Å². The average Bonchev–Trinajstić information content (AvgIpc) is 2.35. The van der Waals surface area contributed by atoms with Gasteiger partial charge in [0.15, 0.2) is 6.29 Å². The van der Waals surface area contributed by atoms with Crippen molar-refractivity contribution in [2.24, 2.45) is 11.8 Å². The average molecular weight is 128 g/mol. The van der Waals surface area contributed by atoms with Gasteiger partial charge in [-0.15, -0.1) is 0 Å². The zero-order chi connectivity index (χ0) is 6.27. The van der Waals surface area contributed by atoms with Crippen LogP contribution in [-0.4, -0.2) is 19.5 Å². The fraction of sp³-hybridized carbons (Fsp3) is 1.00. The minimum Gasteiger partial charge on any atom is -0.352 e. The molecule has 1 unspecified atom stereocenters. The van der Waals surface area contributed by atoms with Crippen molar-refractivity contribution in [1.82, 2.24) is 0 Å². The van der Waals surface area contributed by atoms with Gasteiger partial charge in [0.1, 0.15) is 0 Å². The van der Waals surface area contributed by atoms with E-state index in [1.54, 1.807) is 0 Å². The molecule has 0 amide bonds. The fourth-order valence-electron chi connectivity index (χ4n) is 1.67. The van der Waals surface area contributed by atoms with Crippen LogP contribution < -0.4 is 0 Å². The van der Waals surface area contributed by atoms with Crippen LogP contribution in [0, 0.1) is 11.8 Å². The van der Waals surface area contributed by atoms with E-state index in [2.05, 4.69) is 6.92 Å². The third-order valence-electron chi connectivity index (χ3n) is 2.34. The number of hydrogen-bond acceptors (Lipinski definition) is 2. The molecule has 2 heteroatoms. The molecule has 2 fully saturated rings. The topological polar surface area (TPSA) is 18.5 Å². The van der Waals surface area contributed by atoms with E-state index < -0.39 is 0 Å². The predicted octanol–water partition coefficient (Wildman–Crippen LogP) is 1.02. The lowest BCUT2D eigenvalue weighted by Gasteiger charge is -2.07. The van der Waals surface area contributed by atoms with Gasteiger partial charge in [-0.2, -0.15) is 0 Å². The van der Waals surface area contributed by atoms with Gasteiger partial charge in [-0.05, 0) is 12.3 Å². The van der Waals surface area contributed by atoms with E-state index in [0.717, 1.165) is 19.1 Å². The van der Waals surface area contributed by atoms with Crippen LogP contribution in [0.25, 0.3) is 0 Å². The summed E-state index contributed by atoms with van der Waals surface area (Å²) in [6.45, 7) is 4.04. The molecule has 3 atom stereocenters. The van der Waals surface area contributed by atoms with Gasteiger partial charge in [0.25, 0.3) is 0 Å². The van der Waals surface area contributed by atoms with Crippen LogP contribution in [0.1, 0.15) is 13.3 Å². The van der Waals surface area contributed by atoms with Crippen molar-refractivity contribution >= 4 is 0 Å². The second-order valence-corrected chi connectivity index (χ2v) is 3.00. The first-order valence-electron chi connectivity index (χ1n) is 3.61. The largest absolute Gasteiger partial charge is 0.352 e. The number of hydrogen-bond donors (Lipinski definition) is 0. The van der Waals surface area contributed by atoms with Crippen molar-refractivity contribution in [1.29, 1.82) is 0 Å². The summed E-state index contributed by atoms with van der Waals surface area (Å²) in [6.07, 6.45) is 1.35. The van der Waals surface area contributed by atoms with Crippen molar-refractivity contribution < 1.29 is 9.47 Å². The normalized spacial score (nSPS) is 49.7. The molecular weight excluding hydrogens is 116 g/mol. The molecule has 52 valence electrons. The number of rotatable bonds is 0. The van der Waals surface area contributed by atoms with Gasteiger partial charge >= 0.3 is 0 Å². The maximum Gasteiger partial charge on any atom is 0.160 e. The Morgan fingerprint density at radius 1 is 1.33 bits per heavy atom. The second-order valence-electron chi connectivity index (χ2n) is 3.00. The number of ether oxygens (including phenoxy) is 2. The summed E-state index contributed by atoms with van der Waals surface area (Å²) in [5, 5.41) is 0. The molecule has 0 aromatic heterocycles. The summed E-state index contributed by atoms with van der Waals surface area (Å²) in [4.78, 5) is 0. The van der Waals surface area contributed by atoms with Crippen LogP contribution in [-0.2, 0) is 9.47 Å². The Labute approximate surface area is 55.1 Å². The lowest BCUT2D eigenvalue weighted by atomic mass is 9.96. The first-order chi connectivity index (χ1) is 4.38. The summed E-state index contributed by atoms with van der Waals surface area (Å²) >= 11 is 0. The summed E-state index contributed by atoms with van der Waals surface area (Å²) in [5.41, 5.74) is 0.